The number of carbonyl (C=O) groups is 1. The van der Waals surface area contributed by atoms with E-state index in [1.165, 1.54) is 12.1 Å². The monoisotopic (exact) mass is 530 g/mol. The molecule has 1 aromatic heterocycles. The molecule has 2 aliphatic rings. The first-order chi connectivity index (χ1) is 17.3. The van der Waals surface area contributed by atoms with E-state index in [4.69, 9.17) is 16.3 Å². The van der Waals surface area contributed by atoms with Gasteiger partial charge < -0.3 is 4.74 Å². The van der Waals surface area contributed by atoms with Crippen molar-refractivity contribution < 1.29 is 22.3 Å². The van der Waals surface area contributed by atoms with Crippen LogP contribution in [0.25, 0.3) is 17.3 Å². The average molecular weight is 531 g/mol. The van der Waals surface area contributed by atoms with Gasteiger partial charge in [0.05, 0.1) is 28.5 Å². The van der Waals surface area contributed by atoms with Gasteiger partial charge in [-0.1, -0.05) is 30.2 Å². The van der Waals surface area contributed by atoms with Crippen LogP contribution in [0.2, 0.25) is 5.02 Å². The van der Waals surface area contributed by atoms with E-state index in [0.717, 1.165) is 19.3 Å². The summed E-state index contributed by atoms with van der Waals surface area (Å²) >= 11 is 6.06. The van der Waals surface area contributed by atoms with Gasteiger partial charge in [-0.05, 0) is 66.5 Å². The van der Waals surface area contributed by atoms with Gasteiger partial charge in [0, 0.05) is 18.1 Å². The maximum absolute atomic E-state index is 13.4. The summed E-state index contributed by atoms with van der Waals surface area (Å²) in [5.41, 5.74) is 5.22. The van der Waals surface area contributed by atoms with Crippen LogP contribution in [-0.4, -0.2) is 48.1 Å². The van der Waals surface area contributed by atoms with Crippen LogP contribution in [0.5, 0.6) is 5.88 Å². The van der Waals surface area contributed by atoms with Crippen LogP contribution in [0.4, 0.5) is 9.18 Å². The van der Waals surface area contributed by atoms with Crippen LogP contribution in [0.15, 0.2) is 48.5 Å². The summed E-state index contributed by atoms with van der Waals surface area (Å²) in [6.45, 7) is 1.43. The minimum Gasteiger partial charge on any atom is -0.388 e. The summed E-state index contributed by atoms with van der Waals surface area (Å²) in [4.78, 5) is 12.7. The van der Waals surface area contributed by atoms with Gasteiger partial charge in [0.15, 0.2) is 9.84 Å². The first-order valence-electron chi connectivity index (χ1n) is 11.6. The molecule has 0 radical (unpaired) electrons. The van der Waals surface area contributed by atoms with Gasteiger partial charge in [-0.2, -0.15) is 0 Å². The number of halogens is 2. The van der Waals surface area contributed by atoms with Crippen LogP contribution in [0.3, 0.4) is 0 Å². The number of ether oxygens (including phenoxy) is 1. The molecule has 1 saturated heterocycles. The summed E-state index contributed by atoms with van der Waals surface area (Å²) < 4.78 is 46.3. The van der Waals surface area contributed by atoms with Crippen molar-refractivity contribution >= 4 is 39.2 Å². The molecule has 1 amide bonds. The normalized spacial score (nSPS) is 18.6. The summed E-state index contributed by atoms with van der Waals surface area (Å²) in [5, 5.41) is 6.82. The summed E-state index contributed by atoms with van der Waals surface area (Å²) in [6.07, 6.45) is 3.99. The number of aromatic nitrogens is 2. The number of piperidine rings is 1. The number of hydrogen-bond donors (Lipinski definition) is 1. The molecule has 0 saturated carbocycles. The largest absolute Gasteiger partial charge is 0.428 e. The quantitative estimate of drug-likeness (QED) is 0.529. The molecular formula is C25H24ClFN4O4S. The molecular weight excluding hydrogens is 507 g/mol. The molecule has 0 bridgehead atoms. The first kappa shape index (κ1) is 24.5. The Morgan fingerprint density at radius 2 is 1.72 bits per heavy atom. The van der Waals surface area contributed by atoms with E-state index in [1.54, 1.807) is 52.2 Å². The number of benzene rings is 2. The number of hydrazine groups is 1. The molecule has 1 fully saturated rings. The van der Waals surface area contributed by atoms with E-state index in [-0.39, 0.29) is 17.4 Å². The third-order valence-electron chi connectivity index (χ3n) is 6.07. The van der Waals surface area contributed by atoms with Crippen molar-refractivity contribution in [3.8, 4) is 11.6 Å². The molecule has 2 aliphatic heterocycles. The highest BCUT2D eigenvalue weighted by Crippen LogP contribution is 2.38. The standard InChI is InChI=1S/C25H24ClFN4O4S/c26-19-6-10-21(11-7-19)31-23-18(14-17-4-8-20(27)9-5-17)15-36(33,34)16-22(23)24(28-31)35-25(32)29-30-12-2-1-3-13-30/h4-11,14H,1-3,12-13,15-16H2,(H,29,32)/b18-14+. The second kappa shape index (κ2) is 10.0. The van der Waals surface area contributed by atoms with Gasteiger partial charge in [0.1, 0.15) is 5.82 Å². The lowest BCUT2D eigenvalue weighted by Crippen LogP contribution is -2.46. The molecule has 36 heavy (non-hydrogen) atoms. The zero-order valence-corrected chi connectivity index (χ0v) is 20.9. The maximum atomic E-state index is 13.4. The fourth-order valence-corrected chi connectivity index (χ4v) is 6.06. The van der Waals surface area contributed by atoms with Crippen molar-refractivity contribution in [1.82, 2.24) is 20.2 Å². The Bertz CT molecular complexity index is 1410. The van der Waals surface area contributed by atoms with E-state index in [0.29, 0.717) is 46.2 Å². The Morgan fingerprint density at radius 1 is 1.03 bits per heavy atom. The summed E-state index contributed by atoms with van der Waals surface area (Å²) in [6, 6.07) is 12.6. The number of rotatable bonds is 4. The Hall–Kier alpha value is -3.21. The molecule has 3 heterocycles. The third-order valence-corrected chi connectivity index (χ3v) is 7.80. The van der Waals surface area contributed by atoms with E-state index < -0.39 is 21.7 Å². The first-order valence-corrected chi connectivity index (χ1v) is 13.8. The molecule has 1 N–H and O–H groups in total. The zero-order chi connectivity index (χ0) is 25.3. The Morgan fingerprint density at radius 3 is 2.42 bits per heavy atom. The third kappa shape index (κ3) is 5.45. The lowest BCUT2D eigenvalue weighted by atomic mass is 10.1. The van der Waals surface area contributed by atoms with Gasteiger partial charge in [-0.25, -0.2) is 27.3 Å². The van der Waals surface area contributed by atoms with Crippen molar-refractivity contribution in [2.75, 3.05) is 18.8 Å². The van der Waals surface area contributed by atoms with Crippen molar-refractivity contribution in [3.63, 3.8) is 0 Å². The Labute approximate surface area is 213 Å². The number of hydrogen-bond acceptors (Lipinski definition) is 6. The lowest BCUT2D eigenvalue weighted by Gasteiger charge is -2.26. The number of fused-ring (bicyclic) bond motifs is 1. The van der Waals surface area contributed by atoms with E-state index in [2.05, 4.69) is 10.5 Å². The molecule has 3 aromatic rings. The predicted molar refractivity (Wildman–Crippen MR) is 135 cm³/mol. The van der Waals surface area contributed by atoms with E-state index in [9.17, 15) is 17.6 Å². The van der Waals surface area contributed by atoms with Crippen LogP contribution >= 0.6 is 11.6 Å². The molecule has 5 rings (SSSR count). The fraction of sp³-hybridized carbons (Fsp3) is 0.280. The lowest BCUT2D eigenvalue weighted by molar-refractivity contribution is 0.127. The van der Waals surface area contributed by atoms with Crippen molar-refractivity contribution in [1.29, 1.82) is 0 Å². The van der Waals surface area contributed by atoms with Gasteiger partial charge >= 0.3 is 6.09 Å². The van der Waals surface area contributed by atoms with Crippen LogP contribution < -0.4 is 10.2 Å². The number of nitrogens with zero attached hydrogens (tertiary/aromatic N) is 3. The number of carbonyl (C=O) groups excluding carboxylic acids is 1. The van der Waals surface area contributed by atoms with Crippen LogP contribution in [0.1, 0.15) is 36.1 Å². The summed E-state index contributed by atoms with van der Waals surface area (Å²) in [5.74, 6) is -1.04. The number of nitrogens with one attached hydrogen (secondary N) is 1. The molecule has 8 nitrogen and oxygen atoms in total. The molecule has 0 aliphatic carbocycles. The minimum atomic E-state index is -3.57. The number of sulfone groups is 1. The SMILES string of the molecule is O=C(NN1CCCCC1)Oc1nn(-c2ccc(Cl)cc2)c2c1CS(=O)(=O)C/C2=C\c1ccc(F)cc1. The molecule has 0 spiro atoms. The zero-order valence-electron chi connectivity index (χ0n) is 19.3. The molecule has 2 aromatic carbocycles. The van der Waals surface area contributed by atoms with Crippen LogP contribution in [-0.2, 0) is 15.6 Å². The van der Waals surface area contributed by atoms with Gasteiger partial charge in [0.25, 0.3) is 0 Å². The second-order valence-corrected chi connectivity index (χ2v) is 11.3. The average Bonchev–Trinajstić information content (AvgIpc) is 3.18. The van der Waals surface area contributed by atoms with Gasteiger partial charge in [-0.15, -0.1) is 5.10 Å². The molecule has 188 valence electrons. The van der Waals surface area contributed by atoms with E-state index in [1.807, 2.05) is 0 Å². The highest BCUT2D eigenvalue weighted by Gasteiger charge is 2.34. The summed E-state index contributed by atoms with van der Waals surface area (Å²) in [7, 11) is -3.57. The van der Waals surface area contributed by atoms with Crippen molar-refractivity contribution in [2.45, 2.75) is 25.0 Å². The Balaban J connectivity index is 1.58. The highest BCUT2D eigenvalue weighted by atomic mass is 35.5. The van der Waals surface area contributed by atoms with Crippen LogP contribution in [0, 0.1) is 5.82 Å². The fourth-order valence-electron chi connectivity index (χ4n) is 4.43. The topological polar surface area (TPSA) is 93.5 Å². The smallest absolute Gasteiger partial charge is 0.388 e. The molecule has 0 unspecified atom stereocenters. The molecule has 11 heteroatoms. The van der Waals surface area contributed by atoms with Gasteiger partial charge in [-0.3, -0.25) is 5.43 Å². The van der Waals surface area contributed by atoms with E-state index >= 15 is 0 Å². The predicted octanol–water partition coefficient (Wildman–Crippen LogP) is 4.62. The minimum absolute atomic E-state index is 0.0808. The van der Waals surface area contributed by atoms with Crippen molar-refractivity contribution in [2.24, 2.45) is 0 Å². The van der Waals surface area contributed by atoms with Crippen molar-refractivity contribution in [3.05, 3.63) is 76.2 Å². The highest BCUT2D eigenvalue weighted by molar-refractivity contribution is 7.91. The molecule has 0 atom stereocenters. The maximum Gasteiger partial charge on any atom is 0.428 e. The second-order valence-electron chi connectivity index (χ2n) is 8.82. The van der Waals surface area contributed by atoms with Gasteiger partial charge in [0.2, 0.25) is 5.88 Å². The number of amides is 1. The Kier molecular flexibility index (Phi) is 6.83.